The van der Waals surface area contributed by atoms with Crippen molar-refractivity contribution in [2.45, 2.75) is 24.6 Å². The Kier molecular flexibility index (Phi) is 3.64. The molecule has 0 unspecified atom stereocenters. The maximum absolute atomic E-state index is 5.75. The largest absolute Gasteiger partial charge is 0.381 e. The standard InChI is InChI=1S/C13H15N3S/c1-9-5-10(2)7-11(6-9)8-17-13-12(14)15-3-4-16-13/h3-7H,8H2,1-2H3,(H2,14,15). The number of rotatable bonds is 3. The van der Waals surface area contributed by atoms with Gasteiger partial charge in [-0.3, -0.25) is 0 Å². The molecule has 2 rings (SSSR count). The number of aryl methyl sites for hydroxylation is 2. The van der Waals surface area contributed by atoms with E-state index >= 15 is 0 Å². The van der Waals surface area contributed by atoms with Gasteiger partial charge in [0.25, 0.3) is 0 Å². The van der Waals surface area contributed by atoms with Crippen molar-refractivity contribution in [3.63, 3.8) is 0 Å². The van der Waals surface area contributed by atoms with Crippen LogP contribution in [0.5, 0.6) is 0 Å². The molecule has 0 spiro atoms. The molecule has 3 nitrogen and oxygen atoms in total. The molecule has 2 aromatic rings. The third kappa shape index (κ3) is 3.20. The fraction of sp³-hybridized carbons (Fsp3) is 0.231. The third-order valence-corrected chi connectivity index (χ3v) is 3.41. The Bertz CT molecular complexity index is 506. The van der Waals surface area contributed by atoms with Gasteiger partial charge in [0.05, 0.1) is 0 Å². The number of nitrogens with two attached hydrogens (primary N) is 1. The van der Waals surface area contributed by atoms with Gasteiger partial charge >= 0.3 is 0 Å². The highest BCUT2D eigenvalue weighted by atomic mass is 32.2. The first kappa shape index (κ1) is 11.9. The Morgan fingerprint density at radius 2 is 1.71 bits per heavy atom. The van der Waals surface area contributed by atoms with Crippen LogP contribution in [0.1, 0.15) is 16.7 Å². The molecule has 0 bridgehead atoms. The van der Waals surface area contributed by atoms with Crippen LogP contribution in [0.3, 0.4) is 0 Å². The molecule has 0 saturated carbocycles. The Morgan fingerprint density at radius 1 is 1.06 bits per heavy atom. The summed E-state index contributed by atoms with van der Waals surface area (Å²) < 4.78 is 0. The molecule has 1 aromatic heterocycles. The Labute approximate surface area is 105 Å². The Hall–Kier alpha value is -1.55. The Balaban J connectivity index is 2.10. The molecule has 0 fully saturated rings. The van der Waals surface area contributed by atoms with Crippen molar-refractivity contribution < 1.29 is 0 Å². The molecule has 1 heterocycles. The summed E-state index contributed by atoms with van der Waals surface area (Å²) in [5.74, 6) is 1.37. The van der Waals surface area contributed by atoms with Crippen molar-refractivity contribution in [1.29, 1.82) is 0 Å². The van der Waals surface area contributed by atoms with Gasteiger partial charge in [0.15, 0.2) is 5.82 Å². The Morgan fingerprint density at radius 3 is 2.35 bits per heavy atom. The van der Waals surface area contributed by atoms with Gasteiger partial charge in [-0.2, -0.15) is 0 Å². The van der Waals surface area contributed by atoms with Crippen molar-refractivity contribution in [3.05, 3.63) is 47.3 Å². The predicted molar refractivity (Wildman–Crippen MR) is 71.9 cm³/mol. The molecular weight excluding hydrogens is 230 g/mol. The quantitative estimate of drug-likeness (QED) is 0.845. The number of thioether (sulfide) groups is 1. The molecule has 0 aliphatic heterocycles. The normalized spacial score (nSPS) is 10.5. The van der Waals surface area contributed by atoms with E-state index in [1.54, 1.807) is 24.2 Å². The van der Waals surface area contributed by atoms with Crippen LogP contribution in [0.2, 0.25) is 0 Å². The highest BCUT2D eigenvalue weighted by molar-refractivity contribution is 7.98. The second-order valence-corrected chi connectivity index (χ2v) is 5.00. The second-order valence-electron chi connectivity index (χ2n) is 4.03. The summed E-state index contributed by atoms with van der Waals surface area (Å²) in [6.07, 6.45) is 3.27. The molecule has 4 heteroatoms. The average Bonchev–Trinajstić information content (AvgIpc) is 2.27. The second kappa shape index (κ2) is 5.19. The van der Waals surface area contributed by atoms with E-state index < -0.39 is 0 Å². The van der Waals surface area contributed by atoms with E-state index in [0.29, 0.717) is 5.82 Å². The van der Waals surface area contributed by atoms with E-state index in [1.807, 2.05) is 0 Å². The van der Waals surface area contributed by atoms with Crippen molar-refractivity contribution in [1.82, 2.24) is 9.97 Å². The first-order valence-electron chi connectivity index (χ1n) is 5.41. The molecule has 17 heavy (non-hydrogen) atoms. The van der Waals surface area contributed by atoms with Crippen LogP contribution >= 0.6 is 11.8 Å². The average molecular weight is 245 g/mol. The van der Waals surface area contributed by atoms with Crippen LogP contribution < -0.4 is 5.73 Å². The molecule has 0 aliphatic rings. The summed E-state index contributed by atoms with van der Waals surface area (Å²) in [5, 5.41) is 0.798. The molecular formula is C13H15N3S. The number of anilines is 1. The van der Waals surface area contributed by atoms with Gasteiger partial charge < -0.3 is 5.73 Å². The minimum absolute atomic E-state index is 0.502. The van der Waals surface area contributed by atoms with Gasteiger partial charge in [-0.15, -0.1) is 0 Å². The van der Waals surface area contributed by atoms with E-state index in [2.05, 4.69) is 42.0 Å². The maximum atomic E-state index is 5.75. The number of benzene rings is 1. The van der Waals surface area contributed by atoms with E-state index in [-0.39, 0.29) is 0 Å². The zero-order chi connectivity index (χ0) is 12.3. The summed E-state index contributed by atoms with van der Waals surface area (Å²) in [4.78, 5) is 8.23. The molecule has 88 valence electrons. The highest BCUT2D eigenvalue weighted by Crippen LogP contribution is 2.24. The minimum Gasteiger partial charge on any atom is -0.381 e. The van der Waals surface area contributed by atoms with Crippen molar-refractivity contribution in [2.24, 2.45) is 0 Å². The predicted octanol–water partition coefficient (Wildman–Crippen LogP) is 2.97. The molecule has 2 N–H and O–H groups in total. The van der Waals surface area contributed by atoms with Crippen molar-refractivity contribution in [2.75, 3.05) is 5.73 Å². The first-order valence-corrected chi connectivity index (χ1v) is 6.40. The lowest BCUT2D eigenvalue weighted by molar-refractivity contribution is 1.07. The van der Waals surface area contributed by atoms with Gasteiger partial charge in [0.2, 0.25) is 0 Å². The fourth-order valence-corrected chi connectivity index (χ4v) is 2.56. The van der Waals surface area contributed by atoms with Crippen LogP contribution in [0.15, 0.2) is 35.6 Å². The topological polar surface area (TPSA) is 51.8 Å². The number of aromatic nitrogens is 2. The van der Waals surface area contributed by atoms with Crippen LogP contribution in [0.25, 0.3) is 0 Å². The van der Waals surface area contributed by atoms with Gasteiger partial charge in [-0.05, 0) is 19.4 Å². The molecule has 0 amide bonds. The summed E-state index contributed by atoms with van der Waals surface area (Å²) in [6.45, 7) is 4.22. The monoisotopic (exact) mass is 245 g/mol. The first-order chi connectivity index (χ1) is 8.15. The summed E-state index contributed by atoms with van der Waals surface area (Å²) in [5.41, 5.74) is 9.61. The number of hydrogen-bond acceptors (Lipinski definition) is 4. The highest BCUT2D eigenvalue weighted by Gasteiger charge is 2.03. The lowest BCUT2D eigenvalue weighted by atomic mass is 10.1. The van der Waals surface area contributed by atoms with E-state index in [1.165, 1.54) is 16.7 Å². The van der Waals surface area contributed by atoms with Gasteiger partial charge in [-0.1, -0.05) is 41.1 Å². The van der Waals surface area contributed by atoms with Crippen LogP contribution in [-0.2, 0) is 5.75 Å². The van der Waals surface area contributed by atoms with Crippen molar-refractivity contribution >= 4 is 17.6 Å². The number of nitrogens with zero attached hydrogens (tertiary/aromatic N) is 2. The summed E-state index contributed by atoms with van der Waals surface area (Å²) in [6, 6.07) is 6.55. The fourth-order valence-electron chi connectivity index (χ4n) is 1.75. The molecule has 1 aromatic carbocycles. The summed E-state index contributed by atoms with van der Waals surface area (Å²) >= 11 is 1.62. The van der Waals surface area contributed by atoms with E-state index in [4.69, 9.17) is 5.73 Å². The van der Waals surface area contributed by atoms with Gasteiger partial charge in [-0.25, -0.2) is 9.97 Å². The van der Waals surface area contributed by atoms with Crippen LogP contribution in [-0.4, -0.2) is 9.97 Å². The molecule has 0 atom stereocenters. The van der Waals surface area contributed by atoms with Crippen LogP contribution in [0.4, 0.5) is 5.82 Å². The maximum Gasteiger partial charge on any atom is 0.156 e. The van der Waals surface area contributed by atoms with Gasteiger partial charge in [0.1, 0.15) is 5.03 Å². The molecule has 0 saturated heterocycles. The lowest BCUT2D eigenvalue weighted by Crippen LogP contribution is -1.95. The number of nitrogen functional groups attached to an aromatic ring is 1. The van der Waals surface area contributed by atoms with Gasteiger partial charge in [0, 0.05) is 18.1 Å². The van der Waals surface area contributed by atoms with E-state index in [0.717, 1.165) is 10.8 Å². The zero-order valence-electron chi connectivity index (χ0n) is 9.97. The van der Waals surface area contributed by atoms with Crippen LogP contribution in [0, 0.1) is 13.8 Å². The number of hydrogen-bond donors (Lipinski definition) is 1. The molecule has 0 radical (unpaired) electrons. The lowest BCUT2D eigenvalue weighted by Gasteiger charge is -2.05. The zero-order valence-corrected chi connectivity index (χ0v) is 10.8. The smallest absolute Gasteiger partial charge is 0.156 e. The van der Waals surface area contributed by atoms with E-state index in [9.17, 15) is 0 Å². The molecule has 0 aliphatic carbocycles. The third-order valence-electron chi connectivity index (χ3n) is 2.35. The van der Waals surface area contributed by atoms with Crippen molar-refractivity contribution in [3.8, 4) is 0 Å². The minimum atomic E-state index is 0.502. The summed E-state index contributed by atoms with van der Waals surface area (Å²) in [7, 11) is 0. The SMILES string of the molecule is Cc1cc(C)cc(CSc2nccnc2N)c1.